The smallest absolute Gasteiger partial charge is 1.00 e. The number of nitrogens with zero attached hydrogens (tertiary/aromatic N) is 1. The maximum atomic E-state index is 8.25. The van der Waals surface area contributed by atoms with Crippen LogP contribution < -0.4 is 12.4 Å². The number of halogens is 1. The van der Waals surface area contributed by atoms with Gasteiger partial charge in [-0.3, -0.25) is 0 Å². The van der Waals surface area contributed by atoms with Crippen LogP contribution in [-0.4, -0.2) is 96.0 Å². The molecule has 4 nitrogen and oxygen atoms in total. The van der Waals surface area contributed by atoms with E-state index in [2.05, 4.69) is 0 Å². The number of hydrogen-bond acceptors (Lipinski definition) is 3. The first-order chi connectivity index (χ1) is 1.73. The number of rotatable bonds is 0. The molecule has 0 radical (unpaired) electrons. The van der Waals surface area contributed by atoms with Crippen LogP contribution in [0, 0.1) is 15.3 Å². The Hall–Kier alpha value is 2.45. The fourth-order valence-corrected chi connectivity index (χ4v) is 0. The second kappa shape index (κ2) is 15.8. The predicted octanol–water partition coefficient (Wildman–Crippen LogP) is -4.00. The maximum Gasteiger partial charge on any atom is 2.00 e. The van der Waals surface area contributed by atoms with Crippen molar-refractivity contribution in [3.05, 3.63) is 15.3 Å². The topological polar surface area (TPSA) is 66.2 Å². The van der Waals surface area contributed by atoms with Crippen LogP contribution in [0.1, 0.15) is 0 Å². The van der Waals surface area contributed by atoms with Gasteiger partial charge in [-0.05, 0) is 0 Å². The van der Waals surface area contributed by atoms with Crippen LogP contribution in [0.2, 0.25) is 0 Å². The molecule has 0 aliphatic rings. The third kappa shape index (κ3) is 58.5. The van der Waals surface area contributed by atoms with E-state index in [0.717, 1.165) is 0 Å². The van der Waals surface area contributed by atoms with Crippen LogP contribution in [-0.2, 0) is 0 Å². The second-order valence-corrected chi connectivity index (χ2v) is 0.224. The molecule has 0 aliphatic heterocycles. The zero-order valence-corrected chi connectivity index (χ0v) is 11.2. The minimum absolute atomic E-state index is 0. The Morgan fingerprint density at radius 1 is 1.14 bits per heavy atom. The van der Waals surface area contributed by atoms with Crippen LogP contribution in [0.4, 0.5) is 0 Å². The van der Waals surface area contributed by atoms with Crippen LogP contribution >= 0.6 is 0 Å². The quantitative estimate of drug-likeness (QED) is 0.257. The molecule has 32 valence electrons. The molecule has 0 spiro atoms. The van der Waals surface area contributed by atoms with E-state index in [1.165, 1.54) is 0 Å². The van der Waals surface area contributed by atoms with Crippen molar-refractivity contribution in [3.63, 3.8) is 0 Å². The van der Waals surface area contributed by atoms with Crippen molar-refractivity contribution in [2.24, 2.45) is 0 Å². The molecule has 0 bridgehead atoms. The molecule has 0 N–H and O–H groups in total. The molecular formula is ClNO3Sr2+2. The monoisotopic (exact) mass is 273 g/mol. The molecular weight excluding hydrogens is 273 g/mol. The Labute approximate surface area is 121 Å². The summed E-state index contributed by atoms with van der Waals surface area (Å²) in [5.41, 5.74) is 0. The largest absolute Gasteiger partial charge is 2.00 e. The summed E-state index contributed by atoms with van der Waals surface area (Å²) < 4.78 is 0. The van der Waals surface area contributed by atoms with E-state index in [-0.39, 0.29) is 103 Å². The van der Waals surface area contributed by atoms with Gasteiger partial charge in [-0.2, -0.15) is 0 Å². The fourth-order valence-electron chi connectivity index (χ4n) is 0. The fraction of sp³-hybridized carbons (Fsp3) is 0. The van der Waals surface area contributed by atoms with E-state index in [4.69, 9.17) is 15.3 Å². The van der Waals surface area contributed by atoms with Gasteiger partial charge in [0.05, 0.1) is 5.09 Å². The third-order valence-electron chi connectivity index (χ3n) is 0. The van der Waals surface area contributed by atoms with Gasteiger partial charge in [0.15, 0.2) is 0 Å². The average Bonchev–Trinajstić information content (AvgIpc) is 0.811. The molecule has 0 amide bonds. The van der Waals surface area contributed by atoms with E-state index in [9.17, 15) is 0 Å². The minimum atomic E-state index is -1.75. The molecule has 7 heavy (non-hydrogen) atoms. The zero-order chi connectivity index (χ0) is 3.58. The molecule has 0 aliphatic carbocycles. The van der Waals surface area contributed by atoms with Gasteiger partial charge in [-0.25, -0.2) is 0 Å². The van der Waals surface area contributed by atoms with Gasteiger partial charge in [-0.15, -0.1) is 0 Å². The molecule has 0 aromatic heterocycles. The summed E-state index contributed by atoms with van der Waals surface area (Å²) in [4.78, 5) is 8.25. The van der Waals surface area contributed by atoms with Crippen molar-refractivity contribution in [2.45, 2.75) is 0 Å². The molecule has 0 unspecified atom stereocenters. The van der Waals surface area contributed by atoms with Gasteiger partial charge in [0.25, 0.3) is 0 Å². The first-order valence-corrected chi connectivity index (χ1v) is 0.548. The Morgan fingerprint density at radius 2 is 1.14 bits per heavy atom. The Balaban J connectivity index is -0.0000000150. The van der Waals surface area contributed by atoms with Gasteiger partial charge >= 0.3 is 91.0 Å². The van der Waals surface area contributed by atoms with Crippen LogP contribution in [0.3, 0.4) is 0 Å². The van der Waals surface area contributed by atoms with Gasteiger partial charge in [0.2, 0.25) is 0 Å². The molecule has 0 aromatic carbocycles. The summed E-state index contributed by atoms with van der Waals surface area (Å²) in [5.74, 6) is 0. The van der Waals surface area contributed by atoms with Gasteiger partial charge < -0.3 is 27.7 Å². The molecule has 0 atom stereocenters. The van der Waals surface area contributed by atoms with E-state index >= 15 is 0 Å². The summed E-state index contributed by atoms with van der Waals surface area (Å²) in [5, 5.41) is 14.8. The molecule has 7 heteroatoms. The van der Waals surface area contributed by atoms with Crippen LogP contribution in [0.25, 0.3) is 0 Å². The summed E-state index contributed by atoms with van der Waals surface area (Å²) >= 11 is 0. The summed E-state index contributed by atoms with van der Waals surface area (Å²) in [6, 6.07) is 0. The third-order valence-corrected chi connectivity index (χ3v) is 0. The van der Waals surface area contributed by atoms with Gasteiger partial charge in [-0.1, -0.05) is 0 Å². The summed E-state index contributed by atoms with van der Waals surface area (Å²) in [7, 11) is 0. The van der Waals surface area contributed by atoms with Crippen molar-refractivity contribution in [1.82, 2.24) is 0 Å². The van der Waals surface area contributed by atoms with E-state index in [1.807, 2.05) is 0 Å². The van der Waals surface area contributed by atoms with E-state index in [1.54, 1.807) is 0 Å². The van der Waals surface area contributed by atoms with Crippen molar-refractivity contribution in [1.29, 1.82) is 0 Å². The molecule has 0 saturated heterocycles. The van der Waals surface area contributed by atoms with Crippen LogP contribution in [0.5, 0.6) is 0 Å². The molecule has 0 heterocycles. The summed E-state index contributed by atoms with van der Waals surface area (Å²) in [6.07, 6.45) is 0. The molecule has 0 saturated carbocycles. The van der Waals surface area contributed by atoms with E-state index in [0.29, 0.717) is 0 Å². The SMILES string of the molecule is O=[N+]([O-])[O-].[Cl-].[Sr+2].[Sr+2]. The van der Waals surface area contributed by atoms with Crippen molar-refractivity contribution in [2.75, 3.05) is 0 Å². The van der Waals surface area contributed by atoms with Crippen molar-refractivity contribution >= 4 is 91.0 Å². The normalized spacial score (nSPS) is 3.43. The first kappa shape index (κ1) is 22.7. The molecule has 0 aromatic rings. The first-order valence-electron chi connectivity index (χ1n) is 0.548. The number of hydrogen-bond donors (Lipinski definition) is 0. The van der Waals surface area contributed by atoms with Gasteiger partial charge in [0.1, 0.15) is 0 Å². The Kier molecular flexibility index (Phi) is 51.2. The van der Waals surface area contributed by atoms with Crippen LogP contribution in [0.15, 0.2) is 0 Å². The average molecular weight is 273 g/mol. The predicted molar refractivity (Wildman–Crippen MR) is 21.9 cm³/mol. The standard InChI is InChI=1S/ClH.NO3.2Sr/c;2-1(3)4;;/h1H;;;/q;-1;2*+2/p-1. The zero-order valence-electron chi connectivity index (χ0n) is 3.46. The minimum Gasteiger partial charge on any atom is -1.00 e. The van der Waals surface area contributed by atoms with Crippen molar-refractivity contribution < 1.29 is 17.5 Å². The maximum absolute atomic E-state index is 8.25. The molecule has 0 rings (SSSR count). The molecule has 0 fully saturated rings. The van der Waals surface area contributed by atoms with Gasteiger partial charge in [0, 0.05) is 0 Å². The Bertz CT molecular complexity index is 35.9. The Morgan fingerprint density at radius 3 is 1.14 bits per heavy atom. The van der Waals surface area contributed by atoms with Crippen molar-refractivity contribution in [3.8, 4) is 0 Å². The van der Waals surface area contributed by atoms with E-state index < -0.39 is 5.09 Å². The second-order valence-electron chi connectivity index (χ2n) is 0.224. The summed E-state index contributed by atoms with van der Waals surface area (Å²) in [6.45, 7) is 0.